The van der Waals surface area contributed by atoms with Crippen LogP contribution in [0.4, 0.5) is 5.82 Å². The van der Waals surface area contributed by atoms with Gasteiger partial charge in [-0.25, -0.2) is 9.97 Å². The first kappa shape index (κ1) is 12.8. The van der Waals surface area contributed by atoms with Gasteiger partial charge in [0.05, 0.1) is 0 Å². The average molecular weight is 299 g/mol. The fourth-order valence-corrected chi connectivity index (χ4v) is 2.55. The summed E-state index contributed by atoms with van der Waals surface area (Å²) in [6.07, 6.45) is 5.63. The van der Waals surface area contributed by atoms with E-state index in [-0.39, 0.29) is 0 Å². The van der Waals surface area contributed by atoms with Crippen LogP contribution >= 0.6 is 15.9 Å². The van der Waals surface area contributed by atoms with E-state index in [4.69, 9.17) is 0 Å². The SMILES string of the molecule is CC(CN1CCCCC1)Nc1cc(Br)ncn1. The molecule has 1 aromatic heterocycles. The molecule has 0 aliphatic carbocycles. The van der Waals surface area contributed by atoms with Gasteiger partial charge in [0.1, 0.15) is 16.7 Å². The van der Waals surface area contributed by atoms with Crippen molar-refractivity contribution in [1.82, 2.24) is 14.9 Å². The van der Waals surface area contributed by atoms with E-state index in [0.717, 1.165) is 17.0 Å². The van der Waals surface area contributed by atoms with Crippen LogP contribution in [-0.4, -0.2) is 40.5 Å². The molecule has 0 spiro atoms. The van der Waals surface area contributed by atoms with Crippen LogP contribution in [-0.2, 0) is 0 Å². The Kier molecular flexibility index (Phi) is 4.74. The monoisotopic (exact) mass is 298 g/mol. The summed E-state index contributed by atoms with van der Waals surface area (Å²) < 4.78 is 0.820. The third-order valence-electron chi connectivity index (χ3n) is 3.01. The van der Waals surface area contributed by atoms with Gasteiger partial charge in [-0.15, -0.1) is 0 Å². The molecule has 0 radical (unpaired) electrons. The van der Waals surface area contributed by atoms with Crippen LogP contribution in [0.5, 0.6) is 0 Å². The lowest BCUT2D eigenvalue weighted by molar-refractivity contribution is 0.223. The molecule has 5 heteroatoms. The summed E-state index contributed by atoms with van der Waals surface area (Å²) in [6.45, 7) is 5.76. The molecule has 1 unspecified atom stereocenters. The van der Waals surface area contributed by atoms with Gasteiger partial charge in [0.25, 0.3) is 0 Å². The highest BCUT2D eigenvalue weighted by molar-refractivity contribution is 9.10. The van der Waals surface area contributed by atoms with E-state index < -0.39 is 0 Å². The number of aromatic nitrogens is 2. The molecule has 17 heavy (non-hydrogen) atoms. The smallest absolute Gasteiger partial charge is 0.130 e. The van der Waals surface area contributed by atoms with Gasteiger partial charge >= 0.3 is 0 Å². The number of hydrogen-bond donors (Lipinski definition) is 1. The maximum Gasteiger partial charge on any atom is 0.130 e. The fraction of sp³-hybridized carbons (Fsp3) is 0.667. The highest BCUT2D eigenvalue weighted by atomic mass is 79.9. The summed E-state index contributed by atoms with van der Waals surface area (Å²) in [5.74, 6) is 0.886. The second kappa shape index (κ2) is 6.31. The van der Waals surface area contributed by atoms with E-state index in [0.29, 0.717) is 6.04 Å². The first-order valence-corrected chi connectivity index (χ1v) is 7.00. The summed E-state index contributed by atoms with van der Waals surface area (Å²) in [4.78, 5) is 10.7. The molecule has 94 valence electrons. The molecule has 0 aromatic carbocycles. The van der Waals surface area contributed by atoms with Gasteiger partial charge in [0, 0.05) is 18.7 Å². The van der Waals surface area contributed by atoms with Gasteiger partial charge in [-0.05, 0) is 48.8 Å². The van der Waals surface area contributed by atoms with Crippen LogP contribution in [0.3, 0.4) is 0 Å². The number of likely N-dealkylation sites (tertiary alicyclic amines) is 1. The zero-order chi connectivity index (χ0) is 12.1. The number of halogens is 1. The Morgan fingerprint density at radius 3 is 2.82 bits per heavy atom. The maximum atomic E-state index is 4.20. The van der Waals surface area contributed by atoms with E-state index in [9.17, 15) is 0 Å². The predicted octanol–water partition coefficient (Wildman–Crippen LogP) is 2.53. The minimum absolute atomic E-state index is 0.412. The van der Waals surface area contributed by atoms with Crippen molar-refractivity contribution in [2.24, 2.45) is 0 Å². The molecular weight excluding hydrogens is 280 g/mol. The molecule has 1 aliphatic rings. The molecule has 1 fully saturated rings. The van der Waals surface area contributed by atoms with Gasteiger partial charge in [0.2, 0.25) is 0 Å². The lowest BCUT2D eigenvalue weighted by atomic mass is 10.1. The van der Waals surface area contributed by atoms with E-state index in [2.05, 4.69) is 43.0 Å². The quantitative estimate of drug-likeness (QED) is 0.867. The molecule has 1 aromatic rings. The highest BCUT2D eigenvalue weighted by Crippen LogP contribution is 2.12. The summed E-state index contributed by atoms with van der Waals surface area (Å²) in [6, 6.07) is 2.32. The Morgan fingerprint density at radius 2 is 2.12 bits per heavy atom. The largest absolute Gasteiger partial charge is 0.366 e. The van der Waals surface area contributed by atoms with Crippen molar-refractivity contribution in [3.8, 4) is 0 Å². The van der Waals surface area contributed by atoms with Crippen LogP contribution < -0.4 is 5.32 Å². The zero-order valence-electron chi connectivity index (χ0n) is 10.2. The van der Waals surface area contributed by atoms with Gasteiger partial charge in [-0.1, -0.05) is 6.42 Å². The molecule has 2 rings (SSSR count). The Labute approximate surface area is 111 Å². The number of anilines is 1. The molecule has 1 saturated heterocycles. The molecule has 0 amide bonds. The first-order chi connectivity index (χ1) is 8.24. The van der Waals surface area contributed by atoms with Crippen molar-refractivity contribution < 1.29 is 0 Å². The average Bonchev–Trinajstić information content (AvgIpc) is 2.30. The van der Waals surface area contributed by atoms with Crippen LogP contribution in [0.1, 0.15) is 26.2 Å². The third-order valence-corrected chi connectivity index (χ3v) is 3.44. The van der Waals surface area contributed by atoms with E-state index >= 15 is 0 Å². The van der Waals surface area contributed by atoms with Crippen LogP contribution in [0.15, 0.2) is 17.0 Å². The summed E-state index contributed by atoms with van der Waals surface area (Å²) >= 11 is 3.35. The second-order valence-corrected chi connectivity index (χ2v) is 5.45. The topological polar surface area (TPSA) is 41.0 Å². The lowest BCUT2D eigenvalue weighted by Gasteiger charge is -2.29. The normalized spacial score (nSPS) is 18.9. The minimum atomic E-state index is 0.412. The maximum absolute atomic E-state index is 4.20. The Hall–Kier alpha value is -0.680. The Balaban J connectivity index is 1.82. The van der Waals surface area contributed by atoms with E-state index in [1.54, 1.807) is 6.33 Å². The van der Waals surface area contributed by atoms with Gasteiger partial charge < -0.3 is 10.2 Å². The summed E-state index contributed by atoms with van der Waals surface area (Å²) in [7, 11) is 0. The second-order valence-electron chi connectivity index (χ2n) is 4.63. The molecule has 2 heterocycles. The van der Waals surface area contributed by atoms with Crippen LogP contribution in [0.25, 0.3) is 0 Å². The Morgan fingerprint density at radius 1 is 1.35 bits per heavy atom. The zero-order valence-corrected chi connectivity index (χ0v) is 11.8. The number of nitrogens with zero attached hydrogens (tertiary/aromatic N) is 3. The van der Waals surface area contributed by atoms with Crippen molar-refractivity contribution in [2.75, 3.05) is 25.0 Å². The van der Waals surface area contributed by atoms with Crippen molar-refractivity contribution in [3.63, 3.8) is 0 Å². The van der Waals surface area contributed by atoms with Crippen molar-refractivity contribution in [1.29, 1.82) is 0 Å². The fourth-order valence-electron chi connectivity index (χ4n) is 2.24. The molecule has 0 saturated carbocycles. The molecule has 0 bridgehead atoms. The van der Waals surface area contributed by atoms with Gasteiger partial charge in [-0.3, -0.25) is 0 Å². The molecule has 1 aliphatic heterocycles. The summed E-state index contributed by atoms with van der Waals surface area (Å²) in [5.41, 5.74) is 0. The number of piperidine rings is 1. The number of hydrogen-bond acceptors (Lipinski definition) is 4. The van der Waals surface area contributed by atoms with Crippen LogP contribution in [0, 0.1) is 0 Å². The van der Waals surface area contributed by atoms with Crippen molar-refractivity contribution >= 4 is 21.7 Å². The number of rotatable bonds is 4. The molecule has 4 nitrogen and oxygen atoms in total. The first-order valence-electron chi connectivity index (χ1n) is 6.20. The minimum Gasteiger partial charge on any atom is -0.366 e. The standard InChI is InChI=1S/C12H19BrN4/c1-10(8-17-5-3-2-4-6-17)16-12-7-11(13)14-9-15-12/h7,9-10H,2-6,8H2,1H3,(H,14,15,16). The molecule has 1 atom stereocenters. The van der Waals surface area contributed by atoms with E-state index in [1.807, 2.05) is 6.07 Å². The lowest BCUT2D eigenvalue weighted by Crippen LogP contribution is -2.38. The molecular formula is C12H19BrN4. The van der Waals surface area contributed by atoms with Gasteiger partial charge in [-0.2, -0.15) is 0 Å². The van der Waals surface area contributed by atoms with Crippen molar-refractivity contribution in [3.05, 3.63) is 17.0 Å². The summed E-state index contributed by atoms with van der Waals surface area (Å²) in [5, 5.41) is 3.41. The molecule has 1 N–H and O–H groups in total. The highest BCUT2D eigenvalue weighted by Gasteiger charge is 2.13. The van der Waals surface area contributed by atoms with E-state index in [1.165, 1.54) is 32.4 Å². The third kappa shape index (κ3) is 4.24. The predicted molar refractivity (Wildman–Crippen MR) is 73.1 cm³/mol. The van der Waals surface area contributed by atoms with Gasteiger partial charge in [0.15, 0.2) is 0 Å². The Bertz CT molecular complexity index is 352. The van der Waals surface area contributed by atoms with Crippen molar-refractivity contribution in [2.45, 2.75) is 32.2 Å². The van der Waals surface area contributed by atoms with Crippen LogP contribution in [0.2, 0.25) is 0 Å². The number of nitrogens with one attached hydrogen (secondary N) is 1.